The molecule has 15 heteroatoms. The molecule has 3 aromatic carbocycles. The number of aliphatic carboxylic acids is 1. The fourth-order valence-electron chi connectivity index (χ4n) is 6.37. The standard InChI is InChI=1S/C36H36N4O9S2/c1-20(2)25-11-8-12-26-28(22-13-15-24(16-14-22)51(47,48)39(3)4)30(38-29(25)26)36(45)49-18-23-19-50(46)34-31(33(42)40(34)32(23)35(43)44)37-27(41)17-21-9-6-5-7-10-21/h5-16,20,31,34,38H,17-19H2,1-4H3,(H,37,41)(H,43,44)/t31-,34-,50?/m1/s1. The first-order valence-electron chi connectivity index (χ1n) is 16.0. The number of aromatic amines is 1. The van der Waals surface area contributed by atoms with Crippen molar-refractivity contribution >= 4 is 55.5 Å². The van der Waals surface area contributed by atoms with Gasteiger partial charge in [-0.05, 0) is 34.7 Å². The molecule has 4 aromatic rings. The van der Waals surface area contributed by atoms with E-state index >= 15 is 0 Å². The van der Waals surface area contributed by atoms with Gasteiger partial charge in [-0.15, -0.1) is 0 Å². The minimum absolute atomic E-state index is 0.0134. The van der Waals surface area contributed by atoms with Crippen LogP contribution in [0.1, 0.15) is 41.4 Å². The molecule has 1 aromatic heterocycles. The second-order valence-electron chi connectivity index (χ2n) is 12.8. The first-order chi connectivity index (χ1) is 24.2. The van der Waals surface area contributed by atoms with Crippen molar-refractivity contribution in [2.75, 3.05) is 26.5 Å². The normalized spacial score (nSPS) is 18.9. The number of carboxylic acids is 1. The zero-order valence-electron chi connectivity index (χ0n) is 28.2. The number of carbonyl (C=O) groups excluding carboxylic acids is 3. The molecule has 6 rings (SSSR count). The molecule has 2 aliphatic heterocycles. The van der Waals surface area contributed by atoms with Crippen LogP contribution in [-0.2, 0) is 46.4 Å². The molecule has 0 radical (unpaired) electrons. The Morgan fingerprint density at radius 2 is 1.73 bits per heavy atom. The number of benzene rings is 3. The van der Waals surface area contributed by atoms with E-state index in [0.29, 0.717) is 27.6 Å². The number of nitrogens with one attached hydrogen (secondary N) is 2. The van der Waals surface area contributed by atoms with E-state index in [2.05, 4.69) is 10.3 Å². The Balaban J connectivity index is 1.28. The van der Waals surface area contributed by atoms with Crippen LogP contribution < -0.4 is 5.32 Å². The molecule has 2 amide bonds. The van der Waals surface area contributed by atoms with E-state index in [0.717, 1.165) is 14.8 Å². The van der Waals surface area contributed by atoms with E-state index < -0.39 is 68.3 Å². The minimum Gasteiger partial charge on any atom is -0.477 e. The van der Waals surface area contributed by atoms with Crippen LogP contribution in [0, 0.1) is 0 Å². The van der Waals surface area contributed by atoms with Crippen LogP contribution in [0.25, 0.3) is 22.0 Å². The molecule has 0 bridgehead atoms. The van der Waals surface area contributed by atoms with Gasteiger partial charge >= 0.3 is 11.9 Å². The molecule has 1 unspecified atom stereocenters. The molecule has 0 aliphatic carbocycles. The number of ether oxygens (including phenoxy) is 1. The smallest absolute Gasteiger partial charge is 0.355 e. The minimum atomic E-state index is -3.71. The molecule has 13 nitrogen and oxygen atoms in total. The number of amides is 2. The van der Waals surface area contributed by atoms with Crippen LogP contribution in [0.3, 0.4) is 0 Å². The molecule has 2 aliphatic rings. The van der Waals surface area contributed by atoms with Gasteiger partial charge in [-0.25, -0.2) is 22.3 Å². The maximum absolute atomic E-state index is 13.8. The van der Waals surface area contributed by atoms with Gasteiger partial charge in [-0.1, -0.05) is 74.5 Å². The molecule has 0 saturated carbocycles. The van der Waals surface area contributed by atoms with Crippen molar-refractivity contribution in [3.8, 4) is 11.1 Å². The lowest BCUT2D eigenvalue weighted by molar-refractivity contribution is -0.151. The SMILES string of the molecule is CC(C)c1cccc2c(-c3ccc(S(=O)(=O)N(C)C)cc3)c(C(=O)OCC3=C(C(=O)O)N4C(=O)[C@@H](NC(=O)Cc5ccccc5)[C@H]4S(=O)C3)[nH]c12. The molecule has 51 heavy (non-hydrogen) atoms. The molecule has 3 N–H and O–H groups in total. The summed E-state index contributed by atoms with van der Waals surface area (Å²) in [6.07, 6.45) is -0.0134. The topological polar surface area (TPSA) is 183 Å². The van der Waals surface area contributed by atoms with Crippen LogP contribution in [-0.4, -0.2) is 93.5 Å². The van der Waals surface area contributed by atoms with Gasteiger partial charge in [0, 0.05) is 30.6 Å². The van der Waals surface area contributed by atoms with Gasteiger partial charge in [0.15, 0.2) is 0 Å². The monoisotopic (exact) mass is 732 g/mol. The highest BCUT2D eigenvalue weighted by atomic mass is 32.2. The molecular weight excluding hydrogens is 697 g/mol. The third-order valence-corrected chi connectivity index (χ3v) is 12.4. The highest BCUT2D eigenvalue weighted by molar-refractivity contribution is 7.89. The van der Waals surface area contributed by atoms with Crippen molar-refractivity contribution in [2.45, 2.75) is 42.5 Å². The van der Waals surface area contributed by atoms with E-state index in [4.69, 9.17) is 4.74 Å². The largest absolute Gasteiger partial charge is 0.477 e. The number of β-lactam (4-membered cyclic amide) rings is 1. The number of fused-ring (bicyclic) bond motifs is 2. The Bertz CT molecular complexity index is 2230. The van der Waals surface area contributed by atoms with Crippen LogP contribution in [0.4, 0.5) is 0 Å². The number of esters is 1. The summed E-state index contributed by atoms with van der Waals surface area (Å²) in [6.45, 7) is 3.43. The summed E-state index contributed by atoms with van der Waals surface area (Å²) in [6, 6.07) is 19.4. The van der Waals surface area contributed by atoms with Crippen molar-refractivity contribution in [2.24, 2.45) is 0 Å². The zero-order chi connectivity index (χ0) is 36.8. The van der Waals surface area contributed by atoms with Crippen molar-refractivity contribution in [3.63, 3.8) is 0 Å². The van der Waals surface area contributed by atoms with Gasteiger partial charge in [-0.2, -0.15) is 0 Å². The Kier molecular flexibility index (Phi) is 9.72. The molecule has 1 saturated heterocycles. The predicted octanol–water partition coefficient (Wildman–Crippen LogP) is 3.36. The fraction of sp³-hybridized carbons (Fsp3) is 0.278. The predicted molar refractivity (Wildman–Crippen MR) is 189 cm³/mol. The average Bonchev–Trinajstić information content (AvgIpc) is 3.49. The second kappa shape index (κ2) is 13.9. The quantitative estimate of drug-likeness (QED) is 0.154. The number of H-pyrrole nitrogens is 1. The first kappa shape index (κ1) is 35.7. The third-order valence-electron chi connectivity index (χ3n) is 8.92. The average molecular weight is 733 g/mol. The van der Waals surface area contributed by atoms with Crippen molar-refractivity contribution in [3.05, 3.63) is 101 Å². The van der Waals surface area contributed by atoms with Crippen LogP contribution in [0.15, 0.2) is 89.0 Å². The highest BCUT2D eigenvalue weighted by Crippen LogP contribution is 2.38. The Morgan fingerprint density at radius 3 is 2.35 bits per heavy atom. The van der Waals surface area contributed by atoms with Crippen molar-refractivity contribution in [1.82, 2.24) is 19.5 Å². The summed E-state index contributed by atoms with van der Waals surface area (Å²) in [4.78, 5) is 56.3. The summed E-state index contributed by atoms with van der Waals surface area (Å²) >= 11 is 0. The maximum Gasteiger partial charge on any atom is 0.355 e. The van der Waals surface area contributed by atoms with Crippen molar-refractivity contribution in [1.29, 1.82) is 0 Å². The summed E-state index contributed by atoms with van der Waals surface area (Å²) in [5.74, 6) is -3.73. The second-order valence-corrected chi connectivity index (χ2v) is 16.5. The van der Waals surface area contributed by atoms with Gasteiger partial charge in [0.05, 0.1) is 33.4 Å². The lowest BCUT2D eigenvalue weighted by Gasteiger charge is -2.49. The number of carbonyl (C=O) groups is 4. The highest BCUT2D eigenvalue weighted by Gasteiger charge is 2.57. The summed E-state index contributed by atoms with van der Waals surface area (Å²) < 4.78 is 45.6. The number of hydrogen-bond acceptors (Lipinski definition) is 8. The summed E-state index contributed by atoms with van der Waals surface area (Å²) in [7, 11) is -2.67. The van der Waals surface area contributed by atoms with Gasteiger partial charge in [0.1, 0.15) is 29.4 Å². The lowest BCUT2D eigenvalue weighted by atomic mass is 9.97. The van der Waals surface area contributed by atoms with Crippen LogP contribution in [0.2, 0.25) is 0 Å². The lowest BCUT2D eigenvalue weighted by Crippen LogP contribution is -2.73. The van der Waals surface area contributed by atoms with Crippen LogP contribution in [0.5, 0.6) is 0 Å². The Morgan fingerprint density at radius 1 is 1.04 bits per heavy atom. The zero-order valence-corrected chi connectivity index (χ0v) is 29.8. The summed E-state index contributed by atoms with van der Waals surface area (Å²) in [5.41, 5.74) is 2.89. The number of para-hydroxylation sites is 1. The number of carboxylic acid groups (broad SMARTS) is 1. The summed E-state index contributed by atoms with van der Waals surface area (Å²) in [5, 5.41) is 12.3. The molecule has 3 heterocycles. The van der Waals surface area contributed by atoms with Crippen molar-refractivity contribution < 1.29 is 41.6 Å². The Hall–Kier alpha value is -5.12. The van der Waals surface area contributed by atoms with Gasteiger partial charge in [0.2, 0.25) is 15.9 Å². The fourth-order valence-corrected chi connectivity index (χ4v) is 8.94. The third kappa shape index (κ3) is 6.59. The number of aromatic nitrogens is 1. The van der Waals surface area contributed by atoms with E-state index in [-0.39, 0.29) is 34.3 Å². The van der Waals surface area contributed by atoms with Gasteiger partial charge in [0.25, 0.3) is 5.91 Å². The molecule has 0 spiro atoms. The molecule has 266 valence electrons. The van der Waals surface area contributed by atoms with E-state index in [9.17, 15) is 36.9 Å². The number of nitrogens with zero attached hydrogens (tertiary/aromatic N) is 2. The van der Waals surface area contributed by atoms with Gasteiger partial charge in [-0.3, -0.25) is 18.7 Å². The van der Waals surface area contributed by atoms with E-state index in [1.54, 1.807) is 42.5 Å². The molecule has 1 fully saturated rings. The number of rotatable bonds is 11. The first-order valence-corrected chi connectivity index (χ1v) is 18.9. The van der Waals surface area contributed by atoms with Crippen LogP contribution >= 0.6 is 0 Å². The number of sulfonamides is 1. The molecular formula is C36H36N4O9S2. The Labute approximate surface area is 296 Å². The van der Waals surface area contributed by atoms with E-state index in [1.807, 2.05) is 32.0 Å². The number of hydrogen-bond donors (Lipinski definition) is 3. The molecule has 3 atom stereocenters. The van der Waals surface area contributed by atoms with E-state index in [1.165, 1.54) is 26.2 Å². The maximum atomic E-state index is 13.8. The van der Waals surface area contributed by atoms with Gasteiger partial charge < -0.3 is 20.1 Å².